The molecule has 0 spiro atoms. The second-order valence-electron chi connectivity index (χ2n) is 5.80. The molecule has 0 saturated heterocycles. The van der Waals surface area contributed by atoms with Crippen LogP contribution in [0.3, 0.4) is 0 Å². The first-order valence-electron chi connectivity index (χ1n) is 7.95. The highest BCUT2D eigenvalue weighted by Crippen LogP contribution is 2.31. The second kappa shape index (κ2) is 7.02. The molecule has 0 saturated carbocycles. The normalized spacial score (nSPS) is 13.3. The van der Waals surface area contributed by atoms with Crippen molar-refractivity contribution in [3.05, 3.63) is 52.8 Å². The molecule has 3 aromatic rings. The number of fused-ring (bicyclic) bond motifs is 2. The third-order valence-electron chi connectivity index (χ3n) is 4.02. The Morgan fingerprint density at radius 1 is 1.22 bits per heavy atom. The maximum absolute atomic E-state index is 12.7. The highest BCUT2D eigenvalue weighted by molar-refractivity contribution is 6.38. The average Bonchev–Trinajstić information content (AvgIpc) is 2.65. The van der Waals surface area contributed by atoms with E-state index in [9.17, 15) is 9.59 Å². The number of rotatable bonds is 3. The van der Waals surface area contributed by atoms with Gasteiger partial charge in [0.1, 0.15) is 12.9 Å². The summed E-state index contributed by atoms with van der Waals surface area (Å²) in [5, 5.41) is 3.99. The van der Waals surface area contributed by atoms with Gasteiger partial charge in [-0.3, -0.25) is 14.5 Å². The number of nitrogens with one attached hydrogen (secondary N) is 1. The summed E-state index contributed by atoms with van der Waals surface area (Å²) in [6, 6.07) is 10.2. The van der Waals surface area contributed by atoms with E-state index >= 15 is 0 Å². The van der Waals surface area contributed by atoms with Crippen molar-refractivity contribution in [2.45, 2.75) is 0 Å². The lowest BCUT2D eigenvalue weighted by Crippen LogP contribution is -2.44. The number of hydrogen-bond acceptors (Lipinski definition) is 5. The third kappa shape index (κ3) is 3.39. The zero-order chi connectivity index (χ0) is 19.0. The maximum atomic E-state index is 12.7. The molecule has 136 valence electrons. The SMILES string of the molecule is O=C1CN(C(=O)COc2ncnc3c(Cl)cc(Cl)cc23)c2ccccc2N1. The van der Waals surface area contributed by atoms with Crippen LogP contribution < -0.4 is 15.0 Å². The van der Waals surface area contributed by atoms with E-state index in [1.165, 1.54) is 11.2 Å². The quantitative estimate of drug-likeness (QED) is 0.726. The van der Waals surface area contributed by atoms with Gasteiger partial charge in [-0.05, 0) is 24.3 Å². The topological polar surface area (TPSA) is 84.4 Å². The Bertz CT molecular complexity index is 1070. The van der Waals surface area contributed by atoms with Crippen LogP contribution in [0.2, 0.25) is 10.0 Å². The molecule has 0 unspecified atom stereocenters. The van der Waals surface area contributed by atoms with Gasteiger partial charge < -0.3 is 10.1 Å². The summed E-state index contributed by atoms with van der Waals surface area (Å²) < 4.78 is 5.60. The number of ether oxygens (including phenoxy) is 1. The van der Waals surface area contributed by atoms with Crippen molar-refractivity contribution in [2.24, 2.45) is 0 Å². The van der Waals surface area contributed by atoms with Crippen LogP contribution in [0.5, 0.6) is 5.88 Å². The summed E-state index contributed by atoms with van der Waals surface area (Å²) in [6.45, 7) is -0.390. The molecule has 0 fully saturated rings. The van der Waals surface area contributed by atoms with Gasteiger partial charge >= 0.3 is 0 Å². The molecule has 9 heteroatoms. The summed E-state index contributed by atoms with van der Waals surface area (Å²) in [5.74, 6) is -0.460. The first-order valence-corrected chi connectivity index (χ1v) is 8.70. The van der Waals surface area contributed by atoms with Crippen LogP contribution in [0.15, 0.2) is 42.7 Å². The molecule has 1 N–H and O–H groups in total. The molecule has 27 heavy (non-hydrogen) atoms. The highest BCUT2D eigenvalue weighted by Gasteiger charge is 2.27. The Morgan fingerprint density at radius 3 is 2.89 bits per heavy atom. The molecule has 1 aromatic heterocycles. The lowest BCUT2D eigenvalue weighted by Gasteiger charge is -2.29. The van der Waals surface area contributed by atoms with E-state index in [2.05, 4.69) is 15.3 Å². The van der Waals surface area contributed by atoms with Gasteiger partial charge in [-0.15, -0.1) is 0 Å². The van der Waals surface area contributed by atoms with E-state index in [0.717, 1.165) is 0 Å². The number of halogens is 2. The fourth-order valence-corrected chi connectivity index (χ4v) is 3.39. The molecule has 0 radical (unpaired) electrons. The zero-order valence-corrected chi connectivity index (χ0v) is 15.3. The van der Waals surface area contributed by atoms with Crippen LogP contribution in [-0.2, 0) is 9.59 Å². The van der Waals surface area contributed by atoms with Gasteiger partial charge in [0, 0.05) is 5.02 Å². The smallest absolute Gasteiger partial charge is 0.265 e. The van der Waals surface area contributed by atoms with E-state index in [0.29, 0.717) is 32.3 Å². The maximum Gasteiger partial charge on any atom is 0.265 e. The molecule has 2 aromatic carbocycles. The summed E-state index contributed by atoms with van der Waals surface area (Å²) >= 11 is 12.2. The van der Waals surface area contributed by atoms with Gasteiger partial charge in [-0.25, -0.2) is 9.97 Å². The monoisotopic (exact) mass is 402 g/mol. The van der Waals surface area contributed by atoms with E-state index in [1.807, 2.05) is 0 Å². The Balaban J connectivity index is 1.59. The number of nitrogens with zero attached hydrogens (tertiary/aromatic N) is 3. The third-order valence-corrected chi connectivity index (χ3v) is 4.53. The Labute approximate surface area is 163 Å². The lowest BCUT2D eigenvalue weighted by molar-refractivity contribution is -0.123. The molecule has 2 heterocycles. The lowest BCUT2D eigenvalue weighted by atomic mass is 10.2. The predicted molar refractivity (Wildman–Crippen MR) is 102 cm³/mol. The molecule has 2 amide bonds. The van der Waals surface area contributed by atoms with Gasteiger partial charge in [-0.2, -0.15) is 0 Å². The fraction of sp³-hybridized carbons (Fsp3) is 0.111. The van der Waals surface area contributed by atoms with Crippen molar-refractivity contribution < 1.29 is 14.3 Å². The van der Waals surface area contributed by atoms with Crippen molar-refractivity contribution in [1.29, 1.82) is 0 Å². The van der Waals surface area contributed by atoms with Gasteiger partial charge in [0.25, 0.3) is 5.91 Å². The molecule has 0 atom stereocenters. The first-order chi connectivity index (χ1) is 13.0. The van der Waals surface area contributed by atoms with Gasteiger partial charge in [0.15, 0.2) is 6.61 Å². The van der Waals surface area contributed by atoms with Crippen molar-refractivity contribution in [2.75, 3.05) is 23.4 Å². The molecular weight excluding hydrogens is 391 g/mol. The number of carbonyl (C=O) groups is 2. The zero-order valence-electron chi connectivity index (χ0n) is 13.8. The summed E-state index contributed by atoms with van der Waals surface area (Å²) in [5.41, 5.74) is 1.67. The minimum absolute atomic E-state index is 0.0820. The van der Waals surface area contributed by atoms with E-state index in [1.54, 1.807) is 36.4 Å². The number of hydrogen-bond donors (Lipinski definition) is 1. The molecule has 1 aliphatic heterocycles. The molecule has 4 rings (SSSR count). The largest absolute Gasteiger partial charge is 0.467 e. The van der Waals surface area contributed by atoms with Gasteiger partial charge in [0.05, 0.1) is 27.3 Å². The van der Waals surface area contributed by atoms with Crippen molar-refractivity contribution in [3.8, 4) is 5.88 Å². The average molecular weight is 403 g/mol. The Hall–Kier alpha value is -2.90. The van der Waals surface area contributed by atoms with E-state index in [-0.39, 0.29) is 30.8 Å². The summed E-state index contributed by atoms with van der Waals surface area (Å²) in [4.78, 5) is 34.1. The van der Waals surface area contributed by atoms with Crippen LogP contribution in [0.25, 0.3) is 10.9 Å². The Morgan fingerprint density at radius 2 is 2.04 bits per heavy atom. The van der Waals surface area contributed by atoms with E-state index < -0.39 is 0 Å². The number of anilines is 2. The number of benzene rings is 2. The first kappa shape index (κ1) is 17.5. The molecule has 0 bridgehead atoms. The van der Waals surface area contributed by atoms with Crippen LogP contribution in [0, 0.1) is 0 Å². The minimum Gasteiger partial charge on any atom is -0.467 e. The number of carbonyl (C=O) groups excluding carboxylic acids is 2. The highest BCUT2D eigenvalue weighted by atomic mass is 35.5. The van der Waals surface area contributed by atoms with Crippen LogP contribution in [0.4, 0.5) is 11.4 Å². The standard InChI is InChI=1S/C18H12Cl2N4O3/c19-10-5-11-17(12(20)6-10)21-9-22-18(11)27-8-16(26)24-7-15(25)23-13-3-1-2-4-14(13)24/h1-6,9H,7-8H2,(H,23,25). The van der Waals surface area contributed by atoms with E-state index in [4.69, 9.17) is 27.9 Å². The minimum atomic E-state index is -0.378. The predicted octanol–water partition coefficient (Wildman–Crippen LogP) is 3.30. The number of aromatic nitrogens is 2. The van der Waals surface area contributed by atoms with Gasteiger partial charge in [0.2, 0.25) is 11.8 Å². The fourth-order valence-electron chi connectivity index (χ4n) is 2.85. The van der Waals surface area contributed by atoms with Crippen molar-refractivity contribution in [3.63, 3.8) is 0 Å². The Kier molecular flexibility index (Phi) is 4.55. The van der Waals surface area contributed by atoms with Crippen molar-refractivity contribution >= 4 is 57.3 Å². The van der Waals surface area contributed by atoms with Crippen LogP contribution in [-0.4, -0.2) is 34.9 Å². The molecule has 0 aliphatic carbocycles. The second-order valence-corrected chi connectivity index (χ2v) is 6.64. The summed E-state index contributed by atoms with van der Waals surface area (Å²) in [7, 11) is 0. The molecular formula is C18H12Cl2N4O3. The number of para-hydroxylation sites is 2. The summed E-state index contributed by atoms with van der Waals surface area (Å²) in [6.07, 6.45) is 1.30. The van der Waals surface area contributed by atoms with Gasteiger partial charge in [-0.1, -0.05) is 35.3 Å². The molecule has 1 aliphatic rings. The number of amides is 2. The van der Waals surface area contributed by atoms with Crippen LogP contribution in [0.1, 0.15) is 0 Å². The van der Waals surface area contributed by atoms with Crippen molar-refractivity contribution in [1.82, 2.24) is 9.97 Å². The molecule has 7 nitrogen and oxygen atoms in total. The van der Waals surface area contributed by atoms with Crippen LogP contribution >= 0.6 is 23.2 Å².